The monoisotopic (exact) mass is 611 g/mol. The zero-order valence-corrected chi connectivity index (χ0v) is 26.5. The first kappa shape index (κ1) is 28.8. The fourth-order valence-corrected chi connectivity index (χ4v) is 7.08. The van der Waals surface area contributed by atoms with Crippen molar-refractivity contribution >= 4 is 39.1 Å². The van der Waals surface area contributed by atoms with Crippen LogP contribution in [0.1, 0.15) is 48.8 Å². The second-order valence-electron chi connectivity index (χ2n) is 12.6. The maximum Gasteiger partial charge on any atom is 0.213 e. The fraction of sp³-hybridized carbons (Fsp3) is 0.140. The zero-order chi connectivity index (χ0) is 31.7. The van der Waals surface area contributed by atoms with Gasteiger partial charge in [0.25, 0.3) is 0 Å². The first-order chi connectivity index (χ1) is 23.1. The highest BCUT2D eigenvalue weighted by molar-refractivity contribution is 6.07. The second-order valence-corrected chi connectivity index (χ2v) is 12.6. The minimum absolute atomic E-state index is 0.0138. The van der Waals surface area contributed by atoms with E-state index in [4.69, 9.17) is 15.1 Å². The van der Waals surface area contributed by atoms with Gasteiger partial charge in [-0.2, -0.15) is 0 Å². The molecule has 0 spiro atoms. The van der Waals surface area contributed by atoms with Crippen LogP contribution in [0.3, 0.4) is 0 Å². The van der Waals surface area contributed by atoms with E-state index in [1.54, 1.807) is 0 Å². The standard InChI is InChI=1S/C43H37N3O/c1-29(30-12-4-2-5-13-30)28-37(45-42(44)35-14-6-3-7-15-35)33-24-20-31(21-25-33)32-22-26-34(27-23-32)41-36-16-8-9-17-38(36)46-39-18-10-11-19-40(39)47-43(41)46/h2-20,22-24,26-27,29,37H,21,25,28H2,1H3,(H2,44,45). The van der Waals surface area contributed by atoms with Gasteiger partial charge < -0.3 is 10.2 Å². The van der Waals surface area contributed by atoms with Crippen LogP contribution in [-0.2, 0) is 0 Å². The maximum absolute atomic E-state index is 6.58. The quantitative estimate of drug-likeness (QED) is 0.137. The molecule has 230 valence electrons. The summed E-state index contributed by atoms with van der Waals surface area (Å²) in [7, 11) is 0. The molecule has 0 saturated heterocycles. The van der Waals surface area contributed by atoms with Crippen LogP contribution in [0.2, 0.25) is 0 Å². The van der Waals surface area contributed by atoms with Crippen molar-refractivity contribution in [3.63, 3.8) is 0 Å². The summed E-state index contributed by atoms with van der Waals surface area (Å²) in [4.78, 5) is 5.13. The van der Waals surface area contributed by atoms with E-state index >= 15 is 0 Å². The molecule has 1 aliphatic carbocycles. The van der Waals surface area contributed by atoms with Crippen molar-refractivity contribution < 1.29 is 4.42 Å². The highest BCUT2D eigenvalue weighted by atomic mass is 16.3. The summed E-state index contributed by atoms with van der Waals surface area (Å²) in [5.74, 6) is 0.954. The molecule has 4 heteroatoms. The van der Waals surface area contributed by atoms with Gasteiger partial charge in [0.05, 0.1) is 22.6 Å². The lowest BCUT2D eigenvalue weighted by molar-refractivity contribution is 0.589. The molecule has 4 nitrogen and oxygen atoms in total. The van der Waals surface area contributed by atoms with Crippen molar-refractivity contribution in [3.8, 4) is 11.1 Å². The maximum atomic E-state index is 6.58. The third-order valence-electron chi connectivity index (χ3n) is 9.61. The van der Waals surface area contributed by atoms with Gasteiger partial charge in [-0.25, -0.2) is 0 Å². The number of allylic oxidation sites excluding steroid dienone is 3. The van der Waals surface area contributed by atoms with Crippen molar-refractivity contribution in [1.82, 2.24) is 4.40 Å². The number of aromatic nitrogens is 1. The van der Waals surface area contributed by atoms with E-state index in [9.17, 15) is 0 Å². The molecule has 1 aliphatic rings. The van der Waals surface area contributed by atoms with E-state index < -0.39 is 0 Å². The topological polar surface area (TPSA) is 55.9 Å². The number of aliphatic imine (C=N–C) groups is 1. The van der Waals surface area contributed by atoms with Gasteiger partial charge in [-0.3, -0.25) is 9.39 Å². The lowest BCUT2D eigenvalue weighted by atomic mass is 9.85. The summed E-state index contributed by atoms with van der Waals surface area (Å²) in [6.45, 7) is 2.29. The molecule has 2 atom stereocenters. The van der Waals surface area contributed by atoms with E-state index in [0.29, 0.717) is 11.8 Å². The van der Waals surface area contributed by atoms with Crippen LogP contribution < -0.4 is 5.73 Å². The lowest BCUT2D eigenvalue weighted by Crippen LogP contribution is -2.21. The third kappa shape index (κ3) is 5.46. The van der Waals surface area contributed by atoms with Crippen LogP contribution in [0.5, 0.6) is 0 Å². The van der Waals surface area contributed by atoms with Crippen molar-refractivity contribution in [2.75, 3.05) is 0 Å². The van der Waals surface area contributed by atoms with Gasteiger partial charge in [0, 0.05) is 10.9 Å². The SMILES string of the molecule is CC(CC(N=C(N)c1ccccc1)C1=CC=C(c2ccc(-c3c4ccccc4n4c3oc3ccccc34)cc2)CC1)c1ccccc1. The largest absolute Gasteiger partial charge is 0.438 e. The number of hydrogen-bond donors (Lipinski definition) is 1. The Morgan fingerprint density at radius 2 is 1.38 bits per heavy atom. The van der Waals surface area contributed by atoms with Crippen LogP contribution in [0, 0.1) is 0 Å². The van der Waals surface area contributed by atoms with Gasteiger partial charge in [0.2, 0.25) is 5.71 Å². The molecule has 7 aromatic rings. The molecule has 47 heavy (non-hydrogen) atoms. The second kappa shape index (κ2) is 12.3. The number of para-hydroxylation sites is 3. The van der Waals surface area contributed by atoms with Gasteiger partial charge in [-0.05, 0) is 71.2 Å². The molecule has 0 bridgehead atoms. The summed E-state index contributed by atoms with van der Waals surface area (Å²) in [6, 6.07) is 46.6. The van der Waals surface area contributed by atoms with Crippen LogP contribution in [0.25, 0.3) is 44.4 Å². The van der Waals surface area contributed by atoms with E-state index in [2.05, 4.69) is 114 Å². The van der Waals surface area contributed by atoms with Crippen molar-refractivity contribution in [2.45, 2.75) is 38.1 Å². The van der Waals surface area contributed by atoms with Gasteiger partial charge in [-0.1, -0.05) is 134 Å². The average Bonchev–Trinajstić information content (AvgIpc) is 3.67. The third-order valence-corrected chi connectivity index (χ3v) is 9.61. The Hall–Kier alpha value is -5.61. The number of nitrogens with zero attached hydrogens (tertiary/aromatic N) is 2. The number of fused-ring (bicyclic) bond motifs is 5. The molecule has 5 aromatic carbocycles. The lowest BCUT2D eigenvalue weighted by Gasteiger charge is -2.24. The smallest absolute Gasteiger partial charge is 0.213 e. The average molecular weight is 612 g/mol. The summed E-state index contributed by atoms with van der Waals surface area (Å²) >= 11 is 0. The molecule has 0 fully saturated rings. The van der Waals surface area contributed by atoms with Gasteiger partial charge >= 0.3 is 0 Å². The summed E-state index contributed by atoms with van der Waals surface area (Å²) in [6.07, 6.45) is 7.40. The summed E-state index contributed by atoms with van der Waals surface area (Å²) in [5.41, 5.74) is 19.1. The zero-order valence-electron chi connectivity index (χ0n) is 26.5. The van der Waals surface area contributed by atoms with Crippen LogP contribution in [0.4, 0.5) is 0 Å². The normalized spacial score (nSPS) is 15.1. The van der Waals surface area contributed by atoms with Crippen LogP contribution in [-0.4, -0.2) is 16.3 Å². The fourth-order valence-electron chi connectivity index (χ4n) is 7.08. The van der Waals surface area contributed by atoms with Gasteiger partial charge in [0.15, 0.2) is 5.58 Å². The summed E-state index contributed by atoms with van der Waals surface area (Å²) in [5, 5.41) is 1.19. The van der Waals surface area contributed by atoms with Crippen molar-refractivity contribution in [1.29, 1.82) is 0 Å². The summed E-state index contributed by atoms with van der Waals surface area (Å²) < 4.78 is 8.68. The van der Waals surface area contributed by atoms with Crippen molar-refractivity contribution in [3.05, 3.63) is 168 Å². The molecule has 2 unspecified atom stereocenters. The number of hydrogen-bond acceptors (Lipinski definition) is 2. The Bertz CT molecular complexity index is 2290. The molecule has 0 amide bonds. The minimum Gasteiger partial charge on any atom is -0.438 e. The van der Waals surface area contributed by atoms with Crippen molar-refractivity contribution in [2.24, 2.45) is 10.7 Å². The first-order valence-electron chi connectivity index (χ1n) is 16.5. The van der Waals surface area contributed by atoms with Crippen LogP contribution >= 0.6 is 0 Å². The van der Waals surface area contributed by atoms with E-state index in [1.165, 1.54) is 27.7 Å². The highest BCUT2D eigenvalue weighted by Gasteiger charge is 2.22. The van der Waals surface area contributed by atoms with Crippen LogP contribution in [0.15, 0.2) is 161 Å². The molecule has 0 radical (unpaired) electrons. The molecule has 2 N–H and O–H groups in total. The van der Waals surface area contributed by atoms with Gasteiger partial charge in [0.1, 0.15) is 5.84 Å². The highest BCUT2D eigenvalue weighted by Crippen LogP contribution is 2.40. The molecule has 8 rings (SSSR count). The Morgan fingerprint density at radius 1 is 0.723 bits per heavy atom. The Kier molecular flexibility index (Phi) is 7.54. The molecular weight excluding hydrogens is 574 g/mol. The first-order valence-corrected chi connectivity index (χ1v) is 16.5. The predicted molar refractivity (Wildman–Crippen MR) is 196 cm³/mol. The number of amidine groups is 1. The minimum atomic E-state index is 0.0138. The molecule has 0 aliphatic heterocycles. The molecule has 0 saturated carbocycles. The van der Waals surface area contributed by atoms with E-state index in [1.807, 2.05) is 42.5 Å². The van der Waals surface area contributed by atoms with Gasteiger partial charge in [-0.15, -0.1) is 0 Å². The van der Waals surface area contributed by atoms with E-state index in [0.717, 1.165) is 58.3 Å². The predicted octanol–water partition coefficient (Wildman–Crippen LogP) is 10.6. The molecule has 2 aromatic heterocycles. The Labute approximate surface area is 275 Å². The Morgan fingerprint density at radius 3 is 2.13 bits per heavy atom. The molecule has 2 heterocycles. The van der Waals surface area contributed by atoms with E-state index in [-0.39, 0.29) is 6.04 Å². The number of oxazole rings is 1. The number of rotatable bonds is 8. The Balaban J connectivity index is 1.11. The number of nitrogens with two attached hydrogens (primary N) is 1. The molecular formula is C43H37N3O. The number of benzene rings is 5.